The van der Waals surface area contributed by atoms with Gasteiger partial charge in [0.1, 0.15) is 5.92 Å². The van der Waals surface area contributed by atoms with Gasteiger partial charge in [-0.2, -0.15) is 0 Å². The van der Waals surface area contributed by atoms with E-state index >= 15 is 0 Å². The summed E-state index contributed by atoms with van der Waals surface area (Å²) in [7, 11) is 0. The van der Waals surface area contributed by atoms with Crippen molar-refractivity contribution < 1.29 is 14.4 Å². The van der Waals surface area contributed by atoms with Crippen molar-refractivity contribution in [3.05, 3.63) is 34.9 Å². The summed E-state index contributed by atoms with van der Waals surface area (Å²) in [5.41, 5.74) is 0.462. The molecule has 0 aromatic heterocycles. The summed E-state index contributed by atoms with van der Waals surface area (Å²) in [6, 6.07) is 5.77. The number of halogens is 1. The topological polar surface area (TPSA) is 66.5 Å². The maximum atomic E-state index is 12.4. The fourth-order valence-electron chi connectivity index (χ4n) is 2.10. The van der Waals surface area contributed by atoms with E-state index in [0.717, 1.165) is 4.90 Å². The Hall–Kier alpha value is -2.32. The van der Waals surface area contributed by atoms with E-state index in [4.69, 9.17) is 11.6 Å². The van der Waals surface area contributed by atoms with Crippen molar-refractivity contribution in [3.8, 4) is 11.8 Å². The Morgan fingerprint density at radius 3 is 2.76 bits per heavy atom. The molecule has 1 atom stereocenters. The largest absolute Gasteiger partial charge is 0.330 e. The van der Waals surface area contributed by atoms with Crippen LogP contribution in [0.15, 0.2) is 24.3 Å². The van der Waals surface area contributed by atoms with Crippen LogP contribution in [0.3, 0.4) is 0 Å². The number of hydrogen-bond donors (Lipinski definition) is 1. The number of nitrogens with one attached hydrogen (secondary N) is 1. The molecule has 1 aliphatic rings. The molecule has 1 heterocycles. The number of hydrogen-bond acceptors (Lipinski definition) is 3. The predicted octanol–water partition coefficient (Wildman–Crippen LogP) is 1.92. The Morgan fingerprint density at radius 2 is 2.10 bits per heavy atom. The zero-order chi connectivity index (χ0) is 15.4. The lowest BCUT2D eigenvalue weighted by Crippen LogP contribution is -2.56. The zero-order valence-electron chi connectivity index (χ0n) is 11.4. The summed E-state index contributed by atoms with van der Waals surface area (Å²) >= 11 is 5.89. The van der Waals surface area contributed by atoms with Crippen molar-refractivity contribution in [1.82, 2.24) is 10.2 Å². The summed E-state index contributed by atoms with van der Waals surface area (Å²) in [6.07, 6.45) is 0.367. The molecule has 1 aromatic carbocycles. The van der Waals surface area contributed by atoms with Gasteiger partial charge in [0.25, 0.3) is 0 Å². The third-order valence-corrected chi connectivity index (χ3v) is 3.30. The lowest BCUT2D eigenvalue weighted by molar-refractivity contribution is -0.138. The number of barbiturate groups is 1. The normalized spacial score (nSPS) is 18.1. The fraction of sp³-hybridized carbons (Fsp3) is 0.267. The van der Waals surface area contributed by atoms with Gasteiger partial charge in [0.05, 0.1) is 0 Å². The number of rotatable bonds is 3. The molecule has 0 spiro atoms. The highest BCUT2D eigenvalue weighted by molar-refractivity contribution is 6.30. The molecule has 1 N–H and O–H groups in total. The van der Waals surface area contributed by atoms with Crippen LogP contribution in [0.2, 0.25) is 5.02 Å². The first kappa shape index (κ1) is 15.1. The van der Waals surface area contributed by atoms with Crippen LogP contribution in [-0.4, -0.2) is 29.3 Å². The number of imide groups is 2. The van der Waals surface area contributed by atoms with Gasteiger partial charge >= 0.3 is 6.03 Å². The van der Waals surface area contributed by atoms with Crippen molar-refractivity contribution in [1.29, 1.82) is 0 Å². The molecule has 21 heavy (non-hydrogen) atoms. The summed E-state index contributed by atoms with van der Waals surface area (Å²) in [5.74, 6) is 3.23. The molecule has 2 rings (SSSR count). The van der Waals surface area contributed by atoms with E-state index in [2.05, 4.69) is 17.2 Å². The third kappa shape index (κ3) is 3.23. The smallest absolute Gasteiger partial charge is 0.277 e. The van der Waals surface area contributed by atoms with Crippen LogP contribution in [0, 0.1) is 11.8 Å². The monoisotopic (exact) mass is 304 g/mol. The predicted molar refractivity (Wildman–Crippen MR) is 77.5 cm³/mol. The van der Waals surface area contributed by atoms with Crippen molar-refractivity contribution in [3.63, 3.8) is 0 Å². The summed E-state index contributed by atoms with van der Waals surface area (Å²) in [6.45, 7) is 1.83. The van der Waals surface area contributed by atoms with Crippen molar-refractivity contribution in [2.45, 2.75) is 19.3 Å². The molecule has 1 fully saturated rings. The summed E-state index contributed by atoms with van der Waals surface area (Å²) < 4.78 is 0. The zero-order valence-corrected chi connectivity index (χ0v) is 12.1. The van der Waals surface area contributed by atoms with Gasteiger partial charge in [0.15, 0.2) is 0 Å². The Balaban J connectivity index is 2.28. The first-order chi connectivity index (χ1) is 10.0. The van der Waals surface area contributed by atoms with E-state index in [1.165, 1.54) is 0 Å². The summed E-state index contributed by atoms with van der Waals surface area (Å²) in [5, 5.41) is 2.62. The minimum Gasteiger partial charge on any atom is -0.277 e. The molecule has 6 heteroatoms. The van der Waals surface area contributed by atoms with E-state index in [1.54, 1.807) is 31.2 Å². The maximum Gasteiger partial charge on any atom is 0.330 e. The molecule has 1 unspecified atom stereocenters. The SMILES string of the molecule is CC#CCCN1C(=O)NC(=O)C(c2cccc(Cl)c2)C1=O. The van der Waals surface area contributed by atoms with Crippen LogP contribution in [0.1, 0.15) is 24.8 Å². The molecule has 1 saturated heterocycles. The van der Waals surface area contributed by atoms with E-state index in [1.807, 2.05) is 0 Å². The molecule has 108 valence electrons. The lowest BCUT2D eigenvalue weighted by atomic mass is 9.95. The molecule has 1 aliphatic heterocycles. The highest BCUT2D eigenvalue weighted by atomic mass is 35.5. The van der Waals surface area contributed by atoms with E-state index < -0.39 is 23.8 Å². The average Bonchev–Trinajstić information content (AvgIpc) is 2.42. The maximum absolute atomic E-state index is 12.4. The molecule has 0 saturated carbocycles. The quantitative estimate of drug-likeness (QED) is 0.685. The van der Waals surface area contributed by atoms with Gasteiger partial charge in [-0.15, -0.1) is 11.8 Å². The number of nitrogens with zero attached hydrogens (tertiary/aromatic N) is 1. The molecule has 0 aliphatic carbocycles. The standard InChI is InChI=1S/C15H13ClN2O3/c1-2-3-4-8-18-14(20)12(13(19)17-15(18)21)10-6-5-7-11(16)9-10/h5-7,9,12H,4,8H2,1H3,(H,17,19,21). The molecule has 4 amide bonds. The fourth-order valence-corrected chi connectivity index (χ4v) is 2.30. The highest BCUT2D eigenvalue weighted by Gasteiger charge is 2.40. The number of carbonyl (C=O) groups excluding carboxylic acids is 3. The number of carbonyl (C=O) groups is 3. The average molecular weight is 305 g/mol. The second-order valence-corrected chi connectivity index (χ2v) is 4.89. The molecule has 1 aromatic rings. The number of amides is 4. The highest BCUT2D eigenvalue weighted by Crippen LogP contribution is 2.25. The molecular formula is C15H13ClN2O3. The van der Waals surface area contributed by atoms with Gasteiger partial charge in [0, 0.05) is 18.0 Å². The van der Waals surface area contributed by atoms with Crippen LogP contribution in [-0.2, 0) is 9.59 Å². The van der Waals surface area contributed by atoms with Crippen LogP contribution in [0.25, 0.3) is 0 Å². The second-order valence-electron chi connectivity index (χ2n) is 4.45. The van der Waals surface area contributed by atoms with Gasteiger partial charge in [0.2, 0.25) is 11.8 Å². The van der Waals surface area contributed by atoms with Gasteiger partial charge in [-0.25, -0.2) is 4.79 Å². The summed E-state index contributed by atoms with van der Waals surface area (Å²) in [4.78, 5) is 37.1. The van der Waals surface area contributed by atoms with Gasteiger partial charge in [-0.1, -0.05) is 23.7 Å². The first-order valence-electron chi connectivity index (χ1n) is 6.36. The minimum atomic E-state index is -1.06. The van der Waals surface area contributed by atoms with Crippen LogP contribution >= 0.6 is 11.6 Å². The molecular weight excluding hydrogens is 292 g/mol. The van der Waals surface area contributed by atoms with Gasteiger partial charge in [-0.05, 0) is 24.6 Å². The van der Waals surface area contributed by atoms with Crippen molar-refractivity contribution in [2.75, 3.05) is 6.54 Å². The molecule has 0 bridgehead atoms. The second kappa shape index (κ2) is 6.42. The Bertz CT molecular complexity index is 660. The van der Waals surface area contributed by atoms with Crippen molar-refractivity contribution >= 4 is 29.4 Å². The first-order valence-corrected chi connectivity index (χ1v) is 6.73. The van der Waals surface area contributed by atoms with Crippen LogP contribution in [0.4, 0.5) is 4.79 Å². The number of urea groups is 1. The van der Waals surface area contributed by atoms with Crippen LogP contribution in [0.5, 0.6) is 0 Å². The Morgan fingerprint density at radius 1 is 1.33 bits per heavy atom. The van der Waals surface area contributed by atoms with E-state index in [9.17, 15) is 14.4 Å². The van der Waals surface area contributed by atoms with Crippen LogP contribution < -0.4 is 5.32 Å². The van der Waals surface area contributed by atoms with E-state index in [-0.39, 0.29) is 6.54 Å². The van der Waals surface area contributed by atoms with Crippen molar-refractivity contribution in [2.24, 2.45) is 0 Å². The van der Waals surface area contributed by atoms with Gasteiger partial charge in [-0.3, -0.25) is 19.8 Å². The third-order valence-electron chi connectivity index (χ3n) is 3.07. The minimum absolute atomic E-state index is 0.149. The molecule has 5 nitrogen and oxygen atoms in total. The molecule has 0 radical (unpaired) electrons. The Labute approximate surface area is 127 Å². The van der Waals surface area contributed by atoms with E-state index in [0.29, 0.717) is 17.0 Å². The lowest BCUT2D eigenvalue weighted by Gasteiger charge is -2.29. The number of benzene rings is 1. The van der Waals surface area contributed by atoms with Gasteiger partial charge < -0.3 is 0 Å². The Kier molecular flexibility index (Phi) is 4.61.